The van der Waals surface area contributed by atoms with E-state index in [0.717, 1.165) is 17.4 Å². The van der Waals surface area contributed by atoms with Crippen LogP contribution in [0.5, 0.6) is 0 Å². The second kappa shape index (κ2) is 4.67. The molecule has 0 bridgehead atoms. The minimum Gasteiger partial charge on any atom is -0.370 e. The fourth-order valence-corrected chi connectivity index (χ4v) is 2.93. The maximum Gasteiger partial charge on any atom is 0.0801 e. The van der Waals surface area contributed by atoms with Crippen LogP contribution in [-0.2, 0) is 4.74 Å². The Bertz CT molecular complexity index is 218. The van der Waals surface area contributed by atoms with Crippen LogP contribution >= 0.6 is 11.6 Å². The predicted molar refractivity (Wildman–Crippen MR) is 59.5 cm³/mol. The van der Waals surface area contributed by atoms with Crippen molar-refractivity contribution in [1.29, 1.82) is 0 Å². The van der Waals surface area contributed by atoms with Gasteiger partial charge in [0.15, 0.2) is 0 Å². The van der Waals surface area contributed by atoms with E-state index in [2.05, 4.69) is 13.0 Å². The van der Waals surface area contributed by atoms with E-state index in [0.29, 0.717) is 12.2 Å². The lowest BCUT2D eigenvalue weighted by Gasteiger charge is -2.33. The van der Waals surface area contributed by atoms with E-state index >= 15 is 0 Å². The number of halogens is 1. The molecule has 0 spiro atoms. The van der Waals surface area contributed by atoms with Crippen LogP contribution in [0.3, 0.4) is 0 Å². The molecule has 1 fully saturated rings. The van der Waals surface area contributed by atoms with E-state index in [1.807, 2.05) is 0 Å². The smallest absolute Gasteiger partial charge is 0.0801 e. The first kappa shape index (κ1) is 10.5. The molecule has 0 radical (unpaired) electrons. The molecule has 14 heavy (non-hydrogen) atoms. The van der Waals surface area contributed by atoms with Gasteiger partial charge >= 0.3 is 0 Å². The van der Waals surface area contributed by atoms with Gasteiger partial charge < -0.3 is 4.74 Å². The van der Waals surface area contributed by atoms with Crippen LogP contribution in [0.4, 0.5) is 0 Å². The monoisotopic (exact) mass is 214 g/mol. The number of rotatable bonds is 1. The zero-order chi connectivity index (χ0) is 9.97. The Kier molecular flexibility index (Phi) is 3.51. The Morgan fingerprint density at radius 3 is 2.64 bits per heavy atom. The van der Waals surface area contributed by atoms with E-state index in [1.54, 1.807) is 0 Å². The third-order valence-corrected chi connectivity index (χ3v) is 3.61. The first-order valence-electron chi connectivity index (χ1n) is 5.77. The highest BCUT2D eigenvalue weighted by Crippen LogP contribution is 2.33. The molecule has 0 saturated heterocycles. The molecule has 0 unspecified atom stereocenters. The average molecular weight is 215 g/mol. The summed E-state index contributed by atoms with van der Waals surface area (Å²) in [6, 6.07) is 0. The van der Waals surface area contributed by atoms with Crippen molar-refractivity contribution in [1.82, 2.24) is 0 Å². The van der Waals surface area contributed by atoms with Crippen LogP contribution in [0.2, 0.25) is 0 Å². The van der Waals surface area contributed by atoms with E-state index in [4.69, 9.17) is 16.3 Å². The highest BCUT2D eigenvalue weighted by atomic mass is 35.5. The summed E-state index contributed by atoms with van der Waals surface area (Å²) in [7, 11) is 0. The summed E-state index contributed by atoms with van der Waals surface area (Å²) in [5.41, 5.74) is 0. The lowest BCUT2D eigenvalue weighted by atomic mass is 9.84. The molecule has 0 aromatic carbocycles. The highest BCUT2D eigenvalue weighted by Gasteiger charge is 2.27. The van der Waals surface area contributed by atoms with E-state index in [9.17, 15) is 0 Å². The summed E-state index contributed by atoms with van der Waals surface area (Å²) in [6.45, 7) is 2.12. The standard InChI is InChI=1S/C12H19ClO/c1-9-7-11(13)8-12(14-9)10-5-3-2-4-6-10/h8-10,12H,2-7H2,1H3/t9-,12-/m0/s1. The molecule has 0 amide bonds. The van der Waals surface area contributed by atoms with Crippen LogP contribution in [0.25, 0.3) is 0 Å². The highest BCUT2D eigenvalue weighted by molar-refractivity contribution is 6.29. The molecule has 2 atom stereocenters. The summed E-state index contributed by atoms with van der Waals surface area (Å²) < 4.78 is 5.94. The molecule has 0 N–H and O–H groups in total. The lowest BCUT2D eigenvalue weighted by Crippen LogP contribution is -2.31. The quantitative estimate of drug-likeness (QED) is 0.644. The predicted octanol–water partition coefficient (Wildman–Crippen LogP) is 3.87. The Morgan fingerprint density at radius 2 is 2.00 bits per heavy atom. The molecule has 0 aromatic heterocycles. The largest absolute Gasteiger partial charge is 0.370 e. The van der Waals surface area contributed by atoms with Gasteiger partial charge in [0.1, 0.15) is 0 Å². The fraction of sp³-hybridized carbons (Fsp3) is 0.833. The van der Waals surface area contributed by atoms with Gasteiger partial charge in [0.05, 0.1) is 12.2 Å². The minimum absolute atomic E-state index is 0.298. The molecule has 0 aromatic rings. The number of ether oxygens (including phenoxy) is 1. The molecular formula is C12H19ClO. The number of hydrogen-bond acceptors (Lipinski definition) is 1. The van der Waals surface area contributed by atoms with Crippen molar-refractivity contribution >= 4 is 11.6 Å². The van der Waals surface area contributed by atoms with Gasteiger partial charge in [-0.2, -0.15) is 0 Å². The average Bonchev–Trinajstić information content (AvgIpc) is 2.18. The van der Waals surface area contributed by atoms with Crippen LogP contribution < -0.4 is 0 Å². The van der Waals surface area contributed by atoms with Gasteiger partial charge in [0.2, 0.25) is 0 Å². The van der Waals surface area contributed by atoms with Crippen molar-refractivity contribution < 1.29 is 4.74 Å². The molecular weight excluding hydrogens is 196 g/mol. The molecule has 2 rings (SSSR count). The Hall–Kier alpha value is -0.0100. The molecule has 1 aliphatic carbocycles. The third kappa shape index (κ3) is 2.52. The molecule has 2 aliphatic rings. The van der Waals surface area contributed by atoms with Gasteiger partial charge in [-0.05, 0) is 31.8 Å². The zero-order valence-corrected chi connectivity index (χ0v) is 9.59. The Balaban J connectivity index is 1.98. The van der Waals surface area contributed by atoms with Crippen LogP contribution in [0, 0.1) is 5.92 Å². The van der Waals surface area contributed by atoms with Gasteiger partial charge in [-0.25, -0.2) is 0 Å². The minimum atomic E-state index is 0.298. The summed E-state index contributed by atoms with van der Waals surface area (Å²) in [4.78, 5) is 0. The maximum atomic E-state index is 6.11. The fourth-order valence-electron chi connectivity index (χ4n) is 2.59. The summed E-state index contributed by atoms with van der Waals surface area (Å²) in [5.74, 6) is 0.722. The van der Waals surface area contributed by atoms with Crippen molar-refractivity contribution in [2.45, 2.75) is 57.7 Å². The van der Waals surface area contributed by atoms with Crippen molar-refractivity contribution in [2.75, 3.05) is 0 Å². The van der Waals surface area contributed by atoms with E-state index < -0.39 is 0 Å². The normalized spacial score (nSPS) is 35.4. The first-order valence-corrected chi connectivity index (χ1v) is 6.15. The molecule has 80 valence electrons. The topological polar surface area (TPSA) is 9.23 Å². The Labute approximate surface area is 91.5 Å². The van der Waals surface area contributed by atoms with Crippen LogP contribution in [0.15, 0.2) is 11.1 Å². The molecule has 2 heteroatoms. The van der Waals surface area contributed by atoms with Gasteiger partial charge in [-0.3, -0.25) is 0 Å². The van der Waals surface area contributed by atoms with Crippen molar-refractivity contribution in [3.63, 3.8) is 0 Å². The summed E-state index contributed by atoms with van der Waals surface area (Å²) in [5, 5.41) is 0.999. The van der Waals surface area contributed by atoms with Crippen molar-refractivity contribution in [2.24, 2.45) is 5.92 Å². The van der Waals surface area contributed by atoms with E-state index in [1.165, 1.54) is 32.1 Å². The summed E-state index contributed by atoms with van der Waals surface area (Å²) >= 11 is 6.11. The molecule has 1 saturated carbocycles. The van der Waals surface area contributed by atoms with E-state index in [-0.39, 0.29) is 0 Å². The van der Waals surface area contributed by atoms with Crippen LogP contribution in [-0.4, -0.2) is 12.2 Å². The zero-order valence-electron chi connectivity index (χ0n) is 8.84. The molecule has 1 nitrogen and oxygen atoms in total. The Morgan fingerprint density at radius 1 is 1.29 bits per heavy atom. The SMILES string of the molecule is C[C@H]1CC(Cl)=C[C@@H](C2CCCCC2)O1. The lowest BCUT2D eigenvalue weighted by molar-refractivity contribution is -0.0230. The first-order chi connectivity index (χ1) is 6.75. The maximum absolute atomic E-state index is 6.11. The number of hydrogen-bond donors (Lipinski definition) is 0. The van der Waals surface area contributed by atoms with Gasteiger partial charge in [-0.15, -0.1) is 0 Å². The second-order valence-electron chi connectivity index (χ2n) is 4.63. The van der Waals surface area contributed by atoms with Crippen molar-refractivity contribution in [3.05, 3.63) is 11.1 Å². The van der Waals surface area contributed by atoms with Gasteiger partial charge in [0.25, 0.3) is 0 Å². The second-order valence-corrected chi connectivity index (χ2v) is 5.11. The summed E-state index contributed by atoms with van der Waals surface area (Å²) in [6.07, 6.45) is 10.4. The van der Waals surface area contributed by atoms with Crippen molar-refractivity contribution in [3.8, 4) is 0 Å². The molecule has 1 aliphatic heterocycles. The molecule has 1 heterocycles. The van der Waals surface area contributed by atoms with Gasteiger partial charge in [-0.1, -0.05) is 30.9 Å². The third-order valence-electron chi connectivity index (χ3n) is 3.33. The van der Waals surface area contributed by atoms with Crippen LogP contribution in [0.1, 0.15) is 45.4 Å². The van der Waals surface area contributed by atoms with Gasteiger partial charge in [0, 0.05) is 11.5 Å².